The minimum atomic E-state index is -0.0403. The summed E-state index contributed by atoms with van der Waals surface area (Å²) < 4.78 is 3.05. The van der Waals surface area contributed by atoms with Crippen LogP contribution in [0.2, 0.25) is 0 Å². The van der Waals surface area contributed by atoms with Crippen LogP contribution in [0, 0.1) is 0 Å². The van der Waals surface area contributed by atoms with E-state index in [0.29, 0.717) is 5.25 Å². The van der Waals surface area contributed by atoms with E-state index in [1.54, 1.807) is 11.9 Å². The van der Waals surface area contributed by atoms with Gasteiger partial charge in [0, 0.05) is 24.8 Å². The molecule has 4 nitrogen and oxygen atoms in total. The average Bonchev–Trinajstić information content (AvgIpc) is 3.15. The van der Waals surface area contributed by atoms with E-state index in [9.17, 15) is 4.79 Å². The Kier molecular flexibility index (Phi) is 4.17. The molecule has 0 atom stereocenters. The molecule has 3 aliphatic carbocycles. The number of nitrogens with zero attached hydrogens (tertiary/aromatic N) is 1. The van der Waals surface area contributed by atoms with Crippen LogP contribution in [0.5, 0.6) is 0 Å². The van der Waals surface area contributed by atoms with Gasteiger partial charge in [0.15, 0.2) is 0 Å². The van der Waals surface area contributed by atoms with E-state index in [1.165, 1.54) is 67.2 Å². The van der Waals surface area contributed by atoms with Crippen molar-refractivity contribution in [3.05, 3.63) is 28.3 Å². The minimum Gasteiger partial charge on any atom is -0.307 e. The summed E-state index contributed by atoms with van der Waals surface area (Å²) in [5.74, 6) is 0. The number of urea groups is 1. The lowest BCUT2D eigenvalue weighted by Gasteiger charge is -2.47. The second-order valence-electron chi connectivity index (χ2n) is 8.07. The van der Waals surface area contributed by atoms with Crippen molar-refractivity contribution in [2.75, 3.05) is 18.4 Å². The third kappa shape index (κ3) is 2.95. The van der Waals surface area contributed by atoms with Gasteiger partial charge in [0.25, 0.3) is 0 Å². The van der Waals surface area contributed by atoms with Crippen LogP contribution in [0.3, 0.4) is 0 Å². The second-order valence-corrected chi connectivity index (χ2v) is 9.18. The monoisotopic (exact) mass is 357 g/mol. The van der Waals surface area contributed by atoms with E-state index in [0.717, 1.165) is 37.7 Å². The Labute approximate surface area is 154 Å². The highest BCUT2D eigenvalue weighted by molar-refractivity contribution is 7.98. The number of nitrogens with one attached hydrogen (secondary N) is 2. The van der Waals surface area contributed by atoms with Gasteiger partial charge in [0.1, 0.15) is 0 Å². The molecule has 1 aliphatic heterocycles. The largest absolute Gasteiger partial charge is 0.329 e. The van der Waals surface area contributed by atoms with Crippen molar-refractivity contribution >= 4 is 23.7 Å². The van der Waals surface area contributed by atoms with Crippen LogP contribution in [0.4, 0.5) is 10.5 Å². The Morgan fingerprint density at radius 2 is 1.68 bits per heavy atom. The summed E-state index contributed by atoms with van der Waals surface area (Å²) in [6.45, 7) is 2.26. The van der Waals surface area contributed by atoms with Crippen LogP contribution in [0.25, 0.3) is 0 Å². The number of rotatable bonds is 4. The molecule has 0 radical (unpaired) electrons. The first-order valence-electron chi connectivity index (χ1n) is 9.91. The predicted molar refractivity (Wildman–Crippen MR) is 103 cm³/mol. The van der Waals surface area contributed by atoms with Crippen LogP contribution < -0.4 is 10.0 Å². The molecule has 1 heterocycles. The zero-order valence-corrected chi connectivity index (χ0v) is 15.6. The number of likely N-dealkylation sites (tertiary alicyclic amines) is 1. The molecule has 5 heteroatoms. The van der Waals surface area contributed by atoms with Gasteiger partial charge < -0.3 is 5.32 Å². The van der Waals surface area contributed by atoms with Gasteiger partial charge in [-0.15, -0.1) is 0 Å². The summed E-state index contributed by atoms with van der Waals surface area (Å²) in [5, 5.41) is 3.77. The summed E-state index contributed by atoms with van der Waals surface area (Å²) in [5.41, 5.74) is 6.89. The van der Waals surface area contributed by atoms with Gasteiger partial charge in [-0.3, -0.25) is 9.62 Å². The van der Waals surface area contributed by atoms with E-state index in [1.807, 2.05) is 0 Å². The topological polar surface area (TPSA) is 44.4 Å². The number of carbonyl (C=O) groups excluding carboxylic acids is 1. The Morgan fingerprint density at radius 1 is 1.00 bits per heavy atom. The highest BCUT2D eigenvalue weighted by Gasteiger charge is 2.35. The van der Waals surface area contributed by atoms with Crippen molar-refractivity contribution in [2.24, 2.45) is 0 Å². The minimum absolute atomic E-state index is 0.0403. The molecule has 2 amide bonds. The van der Waals surface area contributed by atoms with Gasteiger partial charge in [-0.05, 0) is 85.6 Å². The molecule has 1 saturated heterocycles. The van der Waals surface area contributed by atoms with E-state index in [2.05, 4.69) is 21.0 Å². The van der Waals surface area contributed by atoms with Crippen molar-refractivity contribution in [2.45, 2.75) is 69.1 Å². The van der Waals surface area contributed by atoms with Crippen molar-refractivity contribution in [1.82, 2.24) is 9.62 Å². The van der Waals surface area contributed by atoms with Crippen molar-refractivity contribution < 1.29 is 4.79 Å². The third-order valence-corrected chi connectivity index (χ3v) is 7.43. The second kappa shape index (κ2) is 6.51. The normalized spacial score (nSPS) is 22.9. The Hall–Kier alpha value is -1.20. The molecule has 4 aliphatic rings. The molecular weight excluding hydrogens is 330 g/mol. The van der Waals surface area contributed by atoms with E-state index >= 15 is 0 Å². The average molecular weight is 358 g/mol. The molecule has 2 fully saturated rings. The first-order valence-corrected chi connectivity index (χ1v) is 10.8. The number of fused-ring (bicyclic) bond motifs is 2. The van der Waals surface area contributed by atoms with E-state index in [-0.39, 0.29) is 6.03 Å². The van der Waals surface area contributed by atoms with Gasteiger partial charge in [0.05, 0.1) is 5.25 Å². The van der Waals surface area contributed by atoms with Crippen LogP contribution in [-0.2, 0) is 25.7 Å². The van der Waals surface area contributed by atoms with Gasteiger partial charge >= 0.3 is 6.03 Å². The molecule has 2 N–H and O–H groups in total. The summed E-state index contributed by atoms with van der Waals surface area (Å²) in [6, 6.07) is 3.20. The fourth-order valence-electron chi connectivity index (χ4n) is 4.84. The predicted octanol–water partition coefficient (Wildman–Crippen LogP) is 3.67. The lowest BCUT2D eigenvalue weighted by molar-refractivity contribution is 0.0733. The van der Waals surface area contributed by atoms with Gasteiger partial charge in [-0.25, -0.2) is 4.79 Å². The van der Waals surface area contributed by atoms with E-state index in [4.69, 9.17) is 0 Å². The third-order valence-electron chi connectivity index (χ3n) is 6.50. The molecule has 25 heavy (non-hydrogen) atoms. The molecule has 1 aromatic carbocycles. The fraction of sp³-hybridized carbons (Fsp3) is 0.650. The summed E-state index contributed by atoms with van der Waals surface area (Å²) in [7, 11) is 0. The maximum absolute atomic E-state index is 12.5. The maximum atomic E-state index is 12.5. The zero-order valence-electron chi connectivity index (χ0n) is 14.8. The number of amides is 2. The Morgan fingerprint density at radius 3 is 2.28 bits per heavy atom. The molecule has 5 rings (SSSR count). The standard InChI is InChI=1S/C20H27N3OS/c24-20(22-25-16-11-23(12-16)15-6-3-7-15)21-19-17-8-1-4-13(17)10-14-5-2-9-18(14)19/h10,15-16H,1-9,11-12H2,(H2,21,22,24). The van der Waals surface area contributed by atoms with Crippen LogP contribution in [0.15, 0.2) is 6.07 Å². The first-order chi connectivity index (χ1) is 12.3. The van der Waals surface area contributed by atoms with E-state index < -0.39 is 0 Å². The van der Waals surface area contributed by atoms with Crippen LogP contribution >= 0.6 is 11.9 Å². The molecule has 0 aromatic heterocycles. The molecule has 0 spiro atoms. The maximum Gasteiger partial charge on any atom is 0.329 e. The number of benzene rings is 1. The van der Waals surface area contributed by atoms with Gasteiger partial charge in [0.2, 0.25) is 0 Å². The summed E-state index contributed by atoms with van der Waals surface area (Å²) in [6.07, 6.45) is 11.2. The number of hydrogen-bond acceptors (Lipinski definition) is 3. The highest BCUT2D eigenvalue weighted by atomic mass is 32.2. The Bertz CT molecular complexity index is 662. The highest BCUT2D eigenvalue weighted by Crippen LogP contribution is 2.38. The number of anilines is 1. The number of hydrogen-bond donors (Lipinski definition) is 2. The quantitative estimate of drug-likeness (QED) is 0.808. The van der Waals surface area contributed by atoms with Crippen molar-refractivity contribution in [3.63, 3.8) is 0 Å². The molecule has 1 saturated carbocycles. The molecule has 0 bridgehead atoms. The first kappa shape index (κ1) is 16.0. The smallest absolute Gasteiger partial charge is 0.307 e. The molecular formula is C20H27N3OS. The fourth-order valence-corrected chi connectivity index (χ4v) is 5.69. The molecule has 134 valence electrons. The molecule has 0 unspecified atom stereocenters. The van der Waals surface area contributed by atoms with Crippen molar-refractivity contribution in [1.29, 1.82) is 0 Å². The lowest BCUT2D eigenvalue weighted by atomic mass is 9.89. The summed E-state index contributed by atoms with van der Waals surface area (Å²) in [4.78, 5) is 15.0. The number of carbonyl (C=O) groups is 1. The van der Waals surface area contributed by atoms with Crippen LogP contribution in [-0.4, -0.2) is 35.3 Å². The number of aryl methyl sites for hydroxylation is 2. The van der Waals surface area contributed by atoms with Crippen molar-refractivity contribution in [3.8, 4) is 0 Å². The lowest BCUT2D eigenvalue weighted by Crippen LogP contribution is -2.56. The Balaban J connectivity index is 1.19. The van der Waals surface area contributed by atoms with Gasteiger partial charge in [-0.2, -0.15) is 0 Å². The zero-order chi connectivity index (χ0) is 16.8. The van der Waals surface area contributed by atoms with Gasteiger partial charge in [-0.1, -0.05) is 12.5 Å². The SMILES string of the molecule is O=C(NSC1CN(C2CCC2)C1)Nc1c2c(cc3c1CCC3)CCC2. The summed E-state index contributed by atoms with van der Waals surface area (Å²) >= 11 is 1.61. The molecule has 1 aromatic rings. The van der Waals surface area contributed by atoms with Crippen LogP contribution in [0.1, 0.15) is 54.4 Å².